The first-order valence-corrected chi connectivity index (χ1v) is 12.3. The quantitative estimate of drug-likeness (QED) is 0.792. The first-order valence-electron chi connectivity index (χ1n) is 10.8. The van der Waals surface area contributed by atoms with Crippen molar-refractivity contribution < 1.29 is 13.2 Å². The van der Waals surface area contributed by atoms with Gasteiger partial charge in [-0.3, -0.25) is 4.79 Å². The summed E-state index contributed by atoms with van der Waals surface area (Å²) in [4.78, 5) is 13.1. The number of sulfonamides is 1. The van der Waals surface area contributed by atoms with Gasteiger partial charge in [-0.25, -0.2) is 8.42 Å². The van der Waals surface area contributed by atoms with Crippen molar-refractivity contribution in [2.24, 2.45) is 5.92 Å². The van der Waals surface area contributed by atoms with Crippen LogP contribution < -0.4 is 5.32 Å². The van der Waals surface area contributed by atoms with Gasteiger partial charge in [0.05, 0.1) is 10.9 Å². The van der Waals surface area contributed by atoms with Crippen molar-refractivity contribution in [1.29, 1.82) is 0 Å². The number of carbonyl (C=O) groups excluding carboxylic acids is 1. The highest BCUT2D eigenvalue weighted by Crippen LogP contribution is 2.27. The highest BCUT2D eigenvalue weighted by atomic mass is 32.2. The number of amides is 1. The van der Waals surface area contributed by atoms with Crippen LogP contribution in [0.1, 0.15) is 54.5 Å². The fourth-order valence-electron chi connectivity index (χ4n) is 4.49. The highest BCUT2D eigenvalue weighted by molar-refractivity contribution is 7.89. The first-order chi connectivity index (χ1) is 14.3. The van der Waals surface area contributed by atoms with E-state index in [0.29, 0.717) is 30.8 Å². The van der Waals surface area contributed by atoms with E-state index in [0.717, 1.165) is 24.0 Å². The molecule has 0 bridgehead atoms. The van der Waals surface area contributed by atoms with Crippen LogP contribution in [0.2, 0.25) is 0 Å². The predicted molar refractivity (Wildman–Crippen MR) is 118 cm³/mol. The van der Waals surface area contributed by atoms with E-state index >= 15 is 0 Å². The lowest BCUT2D eigenvalue weighted by atomic mass is 9.96. The molecule has 4 rings (SSSR count). The second-order valence-electron chi connectivity index (χ2n) is 8.60. The average Bonchev–Trinajstić information content (AvgIpc) is 3.22. The fourth-order valence-corrected chi connectivity index (χ4v) is 5.96. The Hall–Kier alpha value is -2.18. The van der Waals surface area contributed by atoms with E-state index in [1.807, 2.05) is 26.0 Å². The summed E-state index contributed by atoms with van der Waals surface area (Å²) in [5.74, 6) is -0.123. The van der Waals surface area contributed by atoms with E-state index in [1.54, 1.807) is 12.1 Å². The van der Waals surface area contributed by atoms with E-state index in [2.05, 4.69) is 23.5 Å². The van der Waals surface area contributed by atoms with Crippen molar-refractivity contribution in [3.05, 3.63) is 64.7 Å². The van der Waals surface area contributed by atoms with Crippen LogP contribution in [0, 0.1) is 12.8 Å². The molecule has 2 aliphatic rings. The largest absolute Gasteiger partial charge is 0.349 e. The van der Waals surface area contributed by atoms with Gasteiger partial charge in [0, 0.05) is 19.0 Å². The Labute approximate surface area is 179 Å². The lowest BCUT2D eigenvalue weighted by molar-refractivity contribution is -0.126. The molecule has 1 N–H and O–H groups in total. The maximum Gasteiger partial charge on any atom is 0.243 e. The third kappa shape index (κ3) is 4.30. The van der Waals surface area contributed by atoms with Crippen LogP contribution in [0.3, 0.4) is 0 Å². The standard InChI is InChI=1S/C24H30N2O3S/c1-17-6-10-23(11-7-17)30(28,29)26-14-12-20(13-15-26)24(27)25-18(2)21-9-8-19-4-3-5-22(19)16-21/h6-11,16,18,20H,3-5,12-15H2,1-2H3,(H,25,27). The molecule has 6 heteroatoms. The van der Waals surface area contributed by atoms with Crippen LogP contribution in [-0.2, 0) is 27.7 Å². The van der Waals surface area contributed by atoms with Crippen LogP contribution in [0.5, 0.6) is 0 Å². The van der Waals surface area contributed by atoms with E-state index in [-0.39, 0.29) is 17.9 Å². The van der Waals surface area contributed by atoms with Gasteiger partial charge in [-0.1, -0.05) is 35.9 Å². The molecule has 1 atom stereocenters. The zero-order valence-electron chi connectivity index (χ0n) is 17.7. The number of nitrogens with zero attached hydrogens (tertiary/aromatic N) is 1. The van der Waals surface area contributed by atoms with Crippen molar-refractivity contribution in [2.45, 2.75) is 56.9 Å². The zero-order chi connectivity index (χ0) is 21.3. The summed E-state index contributed by atoms with van der Waals surface area (Å²) >= 11 is 0. The molecule has 1 unspecified atom stereocenters. The number of piperidine rings is 1. The van der Waals surface area contributed by atoms with Gasteiger partial charge in [-0.2, -0.15) is 4.31 Å². The Morgan fingerprint density at radius 2 is 1.70 bits per heavy atom. The summed E-state index contributed by atoms with van der Waals surface area (Å²) in [7, 11) is -3.50. The second-order valence-corrected chi connectivity index (χ2v) is 10.5. The maximum atomic E-state index is 12.9. The van der Waals surface area contributed by atoms with E-state index < -0.39 is 10.0 Å². The van der Waals surface area contributed by atoms with Crippen LogP contribution in [0.4, 0.5) is 0 Å². The molecule has 1 aliphatic heterocycles. The molecule has 0 radical (unpaired) electrons. The molecule has 0 spiro atoms. The van der Waals surface area contributed by atoms with Crippen molar-refractivity contribution in [3.63, 3.8) is 0 Å². The zero-order valence-corrected chi connectivity index (χ0v) is 18.5. The Morgan fingerprint density at radius 3 is 2.40 bits per heavy atom. The molecule has 1 amide bonds. The third-order valence-electron chi connectivity index (χ3n) is 6.46. The Morgan fingerprint density at radius 1 is 1.03 bits per heavy atom. The fraction of sp³-hybridized carbons (Fsp3) is 0.458. The minimum absolute atomic E-state index is 0.0235. The molecule has 0 aromatic heterocycles. The number of benzene rings is 2. The number of fused-ring (bicyclic) bond motifs is 1. The van der Waals surface area contributed by atoms with Crippen molar-refractivity contribution >= 4 is 15.9 Å². The molecular weight excluding hydrogens is 396 g/mol. The lowest BCUT2D eigenvalue weighted by Gasteiger charge is -2.31. The maximum absolute atomic E-state index is 12.9. The summed E-state index contributed by atoms with van der Waals surface area (Å²) in [6, 6.07) is 13.4. The number of rotatable bonds is 5. The number of nitrogens with one attached hydrogen (secondary N) is 1. The van der Waals surface area contributed by atoms with Gasteiger partial charge in [-0.15, -0.1) is 0 Å². The van der Waals surface area contributed by atoms with Crippen molar-refractivity contribution in [3.8, 4) is 0 Å². The van der Waals surface area contributed by atoms with E-state index in [1.165, 1.54) is 21.9 Å². The SMILES string of the molecule is Cc1ccc(S(=O)(=O)N2CCC(C(=O)NC(C)c3ccc4c(c3)CCC4)CC2)cc1. The topological polar surface area (TPSA) is 66.5 Å². The smallest absolute Gasteiger partial charge is 0.243 e. The molecule has 1 saturated heterocycles. The Kier molecular flexibility index (Phi) is 5.98. The van der Waals surface area contributed by atoms with E-state index in [4.69, 9.17) is 0 Å². The number of carbonyl (C=O) groups is 1. The molecule has 2 aromatic rings. The third-order valence-corrected chi connectivity index (χ3v) is 8.38. The van der Waals surface area contributed by atoms with Crippen molar-refractivity contribution in [1.82, 2.24) is 9.62 Å². The van der Waals surface area contributed by atoms with Crippen molar-refractivity contribution in [2.75, 3.05) is 13.1 Å². The summed E-state index contributed by atoms with van der Waals surface area (Å²) in [5.41, 5.74) is 5.01. The normalized spacial score (nSPS) is 18.7. The van der Waals surface area contributed by atoms with Gasteiger partial charge in [0.2, 0.25) is 15.9 Å². The molecule has 30 heavy (non-hydrogen) atoms. The number of hydrogen-bond acceptors (Lipinski definition) is 3. The van der Waals surface area contributed by atoms with Crippen LogP contribution in [-0.4, -0.2) is 31.7 Å². The Bertz CT molecular complexity index is 1020. The molecular formula is C24H30N2O3S. The Balaban J connectivity index is 1.34. The van der Waals surface area contributed by atoms with Gasteiger partial charge < -0.3 is 5.32 Å². The first kappa shape index (κ1) is 21.1. The number of hydrogen-bond donors (Lipinski definition) is 1. The minimum atomic E-state index is -3.50. The molecule has 5 nitrogen and oxygen atoms in total. The lowest BCUT2D eigenvalue weighted by Crippen LogP contribution is -2.43. The number of aryl methyl sites for hydroxylation is 3. The molecule has 0 saturated carbocycles. The van der Waals surface area contributed by atoms with Crippen LogP contribution in [0.25, 0.3) is 0 Å². The molecule has 1 aliphatic carbocycles. The van der Waals surface area contributed by atoms with Gasteiger partial charge >= 0.3 is 0 Å². The van der Waals surface area contributed by atoms with Gasteiger partial charge in [-0.05, 0) is 74.8 Å². The highest BCUT2D eigenvalue weighted by Gasteiger charge is 2.32. The average molecular weight is 427 g/mol. The molecule has 160 valence electrons. The van der Waals surface area contributed by atoms with Gasteiger partial charge in [0.1, 0.15) is 0 Å². The van der Waals surface area contributed by atoms with Gasteiger partial charge in [0.25, 0.3) is 0 Å². The predicted octanol–water partition coefficient (Wildman–Crippen LogP) is 3.76. The summed E-state index contributed by atoms with van der Waals surface area (Å²) in [6.45, 7) is 4.71. The van der Waals surface area contributed by atoms with E-state index in [9.17, 15) is 13.2 Å². The summed E-state index contributed by atoms with van der Waals surface area (Å²) < 4.78 is 27.2. The molecule has 2 aromatic carbocycles. The second kappa shape index (κ2) is 8.52. The molecule has 1 fully saturated rings. The summed E-state index contributed by atoms with van der Waals surface area (Å²) in [6.07, 6.45) is 4.59. The monoisotopic (exact) mass is 426 g/mol. The molecule has 1 heterocycles. The summed E-state index contributed by atoms with van der Waals surface area (Å²) in [5, 5.41) is 3.14. The van der Waals surface area contributed by atoms with Crippen LogP contribution in [0.15, 0.2) is 47.4 Å². The van der Waals surface area contributed by atoms with Gasteiger partial charge in [0.15, 0.2) is 0 Å². The van der Waals surface area contributed by atoms with Crippen LogP contribution >= 0.6 is 0 Å². The minimum Gasteiger partial charge on any atom is -0.349 e.